The molecule has 0 saturated heterocycles. The van der Waals surface area contributed by atoms with E-state index in [1.54, 1.807) is 0 Å². The van der Waals surface area contributed by atoms with Crippen LogP contribution in [0, 0.1) is 5.82 Å². The second-order valence-electron chi connectivity index (χ2n) is 5.09. The van der Waals surface area contributed by atoms with Gasteiger partial charge in [-0.25, -0.2) is 4.39 Å². The van der Waals surface area contributed by atoms with Crippen molar-refractivity contribution in [3.63, 3.8) is 0 Å². The maximum atomic E-state index is 12.8. The van der Waals surface area contributed by atoms with Crippen LogP contribution in [0.3, 0.4) is 0 Å². The van der Waals surface area contributed by atoms with Crippen molar-refractivity contribution in [3.8, 4) is 0 Å². The topological polar surface area (TPSA) is 59.8 Å². The summed E-state index contributed by atoms with van der Waals surface area (Å²) >= 11 is 1.36. The molecule has 0 bridgehead atoms. The largest absolute Gasteiger partial charge is 0.325 e. The van der Waals surface area contributed by atoms with Crippen molar-refractivity contribution < 1.29 is 9.18 Å². The van der Waals surface area contributed by atoms with E-state index in [1.165, 1.54) is 36.0 Å². The van der Waals surface area contributed by atoms with Gasteiger partial charge in [-0.05, 0) is 37.6 Å². The van der Waals surface area contributed by atoms with Gasteiger partial charge in [0.2, 0.25) is 5.91 Å². The molecule has 2 rings (SSSR count). The standard InChI is InChI=1S/C16H21FN4OS/c1-3-5-6-14-19-20-16(21(14)4-2)23-11-15(22)18-13-9-7-12(17)8-10-13/h7-10H,3-6,11H2,1-2H3,(H,18,22). The first kappa shape index (κ1) is 17.5. The Labute approximate surface area is 139 Å². The zero-order valence-electron chi connectivity index (χ0n) is 13.4. The number of aromatic nitrogens is 3. The van der Waals surface area contributed by atoms with Gasteiger partial charge in [0.15, 0.2) is 5.16 Å². The Morgan fingerprint density at radius 3 is 2.65 bits per heavy atom. The molecule has 5 nitrogen and oxygen atoms in total. The van der Waals surface area contributed by atoms with Crippen molar-refractivity contribution in [2.75, 3.05) is 11.1 Å². The number of nitrogens with one attached hydrogen (secondary N) is 1. The average molecular weight is 336 g/mol. The summed E-state index contributed by atoms with van der Waals surface area (Å²) < 4.78 is 14.9. The fourth-order valence-electron chi connectivity index (χ4n) is 2.12. The molecular weight excluding hydrogens is 315 g/mol. The van der Waals surface area contributed by atoms with Gasteiger partial charge in [-0.2, -0.15) is 0 Å². The van der Waals surface area contributed by atoms with Gasteiger partial charge < -0.3 is 9.88 Å². The molecule has 0 aliphatic carbocycles. The smallest absolute Gasteiger partial charge is 0.234 e. The predicted octanol–water partition coefficient (Wildman–Crippen LogP) is 3.51. The molecule has 23 heavy (non-hydrogen) atoms. The molecule has 1 aromatic heterocycles. The first-order chi connectivity index (χ1) is 11.1. The van der Waals surface area contributed by atoms with Crippen LogP contribution in [0.2, 0.25) is 0 Å². The van der Waals surface area contributed by atoms with Gasteiger partial charge in [-0.3, -0.25) is 4.79 Å². The van der Waals surface area contributed by atoms with E-state index in [0.29, 0.717) is 5.69 Å². The summed E-state index contributed by atoms with van der Waals surface area (Å²) in [6.07, 6.45) is 3.09. The first-order valence-corrected chi connectivity index (χ1v) is 8.72. The minimum atomic E-state index is -0.326. The highest BCUT2D eigenvalue weighted by molar-refractivity contribution is 7.99. The van der Waals surface area contributed by atoms with E-state index in [-0.39, 0.29) is 17.5 Å². The van der Waals surface area contributed by atoms with Gasteiger partial charge in [0.05, 0.1) is 5.75 Å². The Kier molecular flexibility index (Phi) is 6.58. The number of hydrogen-bond acceptors (Lipinski definition) is 4. The molecule has 0 saturated carbocycles. The van der Waals surface area contributed by atoms with Gasteiger partial charge in [0.1, 0.15) is 11.6 Å². The fraction of sp³-hybridized carbons (Fsp3) is 0.438. The Morgan fingerprint density at radius 1 is 1.26 bits per heavy atom. The normalized spacial score (nSPS) is 10.7. The number of benzene rings is 1. The molecule has 1 N–H and O–H groups in total. The minimum Gasteiger partial charge on any atom is -0.325 e. The molecule has 0 radical (unpaired) electrons. The SMILES string of the molecule is CCCCc1nnc(SCC(=O)Nc2ccc(F)cc2)n1CC. The monoisotopic (exact) mass is 336 g/mol. The number of anilines is 1. The van der Waals surface area contributed by atoms with Gasteiger partial charge in [-0.15, -0.1) is 10.2 Å². The van der Waals surface area contributed by atoms with E-state index in [0.717, 1.165) is 36.8 Å². The van der Waals surface area contributed by atoms with Gasteiger partial charge in [-0.1, -0.05) is 25.1 Å². The van der Waals surface area contributed by atoms with E-state index in [1.807, 2.05) is 11.5 Å². The van der Waals surface area contributed by atoms with E-state index in [2.05, 4.69) is 22.4 Å². The summed E-state index contributed by atoms with van der Waals surface area (Å²) in [6.45, 7) is 4.97. The van der Waals surface area contributed by atoms with Crippen LogP contribution >= 0.6 is 11.8 Å². The number of unbranched alkanes of at least 4 members (excludes halogenated alkanes) is 1. The Morgan fingerprint density at radius 2 is 2.00 bits per heavy atom. The summed E-state index contributed by atoms with van der Waals surface area (Å²) in [5, 5.41) is 11.9. The van der Waals surface area contributed by atoms with Crippen molar-refractivity contribution in [1.29, 1.82) is 0 Å². The van der Waals surface area contributed by atoms with E-state index < -0.39 is 0 Å². The minimum absolute atomic E-state index is 0.151. The second kappa shape index (κ2) is 8.67. The first-order valence-electron chi connectivity index (χ1n) is 7.74. The molecule has 2 aromatic rings. The molecule has 1 aromatic carbocycles. The van der Waals surface area contributed by atoms with Crippen LogP contribution in [0.25, 0.3) is 0 Å². The van der Waals surface area contributed by atoms with Crippen LogP contribution in [0.15, 0.2) is 29.4 Å². The lowest BCUT2D eigenvalue weighted by atomic mass is 10.2. The van der Waals surface area contributed by atoms with Crippen LogP contribution in [-0.2, 0) is 17.8 Å². The van der Waals surface area contributed by atoms with E-state index in [4.69, 9.17) is 0 Å². The Hall–Kier alpha value is -1.89. The second-order valence-corrected chi connectivity index (χ2v) is 6.03. The lowest BCUT2D eigenvalue weighted by molar-refractivity contribution is -0.113. The predicted molar refractivity (Wildman–Crippen MR) is 90.1 cm³/mol. The number of nitrogens with zero attached hydrogens (tertiary/aromatic N) is 3. The molecule has 7 heteroatoms. The van der Waals surface area contributed by atoms with Crippen molar-refractivity contribution >= 4 is 23.4 Å². The zero-order valence-corrected chi connectivity index (χ0v) is 14.2. The number of rotatable bonds is 8. The molecule has 0 aliphatic heterocycles. The summed E-state index contributed by atoms with van der Waals surface area (Å²) in [4.78, 5) is 12.0. The highest BCUT2D eigenvalue weighted by Gasteiger charge is 2.12. The quantitative estimate of drug-likeness (QED) is 0.750. The van der Waals surface area contributed by atoms with Crippen LogP contribution in [0.5, 0.6) is 0 Å². The number of thioether (sulfide) groups is 1. The Balaban J connectivity index is 1.91. The summed E-state index contributed by atoms with van der Waals surface area (Å²) in [5.41, 5.74) is 0.581. The summed E-state index contributed by atoms with van der Waals surface area (Å²) in [6, 6.07) is 5.71. The number of carbonyl (C=O) groups is 1. The van der Waals surface area contributed by atoms with Crippen LogP contribution in [0.1, 0.15) is 32.5 Å². The average Bonchev–Trinajstić information content (AvgIpc) is 2.95. The highest BCUT2D eigenvalue weighted by Crippen LogP contribution is 2.18. The maximum absolute atomic E-state index is 12.8. The molecule has 1 heterocycles. The number of amides is 1. The molecule has 0 aliphatic rings. The molecule has 124 valence electrons. The maximum Gasteiger partial charge on any atom is 0.234 e. The van der Waals surface area contributed by atoms with Crippen molar-refractivity contribution in [3.05, 3.63) is 35.9 Å². The third-order valence-electron chi connectivity index (χ3n) is 3.32. The van der Waals surface area contributed by atoms with Crippen molar-refractivity contribution in [2.24, 2.45) is 0 Å². The number of carbonyl (C=O) groups excluding carboxylic acids is 1. The lowest BCUT2D eigenvalue weighted by Crippen LogP contribution is -2.14. The molecule has 1 amide bonds. The van der Waals surface area contributed by atoms with Crippen LogP contribution in [0.4, 0.5) is 10.1 Å². The third-order valence-corrected chi connectivity index (χ3v) is 4.29. The van der Waals surface area contributed by atoms with Crippen molar-refractivity contribution in [2.45, 2.75) is 44.8 Å². The zero-order chi connectivity index (χ0) is 16.7. The van der Waals surface area contributed by atoms with E-state index >= 15 is 0 Å². The molecular formula is C16H21FN4OS. The molecule has 0 fully saturated rings. The highest BCUT2D eigenvalue weighted by atomic mass is 32.2. The van der Waals surface area contributed by atoms with Crippen LogP contribution in [-0.4, -0.2) is 26.4 Å². The van der Waals surface area contributed by atoms with Gasteiger partial charge in [0, 0.05) is 18.7 Å². The third kappa shape index (κ3) is 5.06. The lowest BCUT2D eigenvalue weighted by Gasteiger charge is -2.07. The fourth-order valence-corrected chi connectivity index (χ4v) is 2.94. The van der Waals surface area contributed by atoms with Gasteiger partial charge in [0.25, 0.3) is 0 Å². The number of aryl methyl sites for hydroxylation is 1. The number of halogens is 1. The summed E-state index contributed by atoms with van der Waals surface area (Å²) in [7, 11) is 0. The summed E-state index contributed by atoms with van der Waals surface area (Å²) in [5.74, 6) is 0.731. The Bertz CT molecular complexity index is 642. The van der Waals surface area contributed by atoms with Crippen LogP contribution < -0.4 is 5.32 Å². The van der Waals surface area contributed by atoms with Crippen molar-refractivity contribution in [1.82, 2.24) is 14.8 Å². The molecule has 0 unspecified atom stereocenters. The molecule has 0 atom stereocenters. The molecule has 0 spiro atoms. The van der Waals surface area contributed by atoms with E-state index in [9.17, 15) is 9.18 Å². The number of hydrogen-bond donors (Lipinski definition) is 1. The van der Waals surface area contributed by atoms with Gasteiger partial charge >= 0.3 is 0 Å².